The molecular formula is C10H13BrFN3. The molecule has 1 aliphatic rings. The molecule has 0 aromatic carbocycles. The topological polar surface area (TPSA) is 29.0 Å². The summed E-state index contributed by atoms with van der Waals surface area (Å²) in [5.74, 6) is 0.144. The Kier molecular flexibility index (Phi) is 3.19. The molecule has 82 valence electrons. The molecule has 1 aliphatic heterocycles. The van der Waals surface area contributed by atoms with Gasteiger partial charge < -0.3 is 4.90 Å². The van der Waals surface area contributed by atoms with Gasteiger partial charge in [0.05, 0.1) is 5.69 Å². The Morgan fingerprint density at radius 3 is 3.07 bits per heavy atom. The van der Waals surface area contributed by atoms with Crippen LogP contribution in [-0.2, 0) is 0 Å². The Bertz CT molecular complexity index is 359. The maximum absolute atomic E-state index is 13.7. The molecule has 0 bridgehead atoms. The number of aryl methyl sites for hydroxylation is 1. The number of rotatable bonds is 1. The zero-order valence-corrected chi connectivity index (χ0v) is 10.2. The molecule has 1 fully saturated rings. The van der Waals surface area contributed by atoms with Gasteiger partial charge in [-0.2, -0.15) is 0 Å². The molecule has 5 heteroatoms. The monoisotopic (exact) mass is 273 g/mol. The number of alkyl halides is 1. The highest BCUT2D eigenvalue weighted by Gasteiger charge is 2.21. The summed E-state index contributed by atoms with van der Waals surface area (Å²) in [5, 5.41) is 0. The van der Waals surface area contributed by atoms with Crippen LogP contribution in [0.1, 0.15) is 18.5 Å². The molecule has 0 aliphatic carbocycles. The van der Waals surface area contributed by atoms with Gasteiger partial charge in [-0.3, -0.25) is 0 Å². The number of piperidine rings is 1. The first-order valence-electron chi connectivity index (χ1n) is 5.04. The smallest absolute Gasteiger partial charge is 0.186 e. The summed E-state index contributed by atoms with van der Waals surface area (Å²) in [4.78, 5) is 10.3. The van der Waals surface area contributed by atoms with Crippen molar-refractivity contribution < 1.29 is 4.39 Å². The third kappa shape index (κ3) is 2.27. The average Bonchev–Trinajstić information content (AvgIpc) is 2.22. The van der Waals surface area contributed by atoms with Crippen LogP contribution in [0, 0.1) is 12.7 Å². The van der Waals surface area contributed by atoms with Gasteiger partial charge in [0, 0.05) is 17.9 Å². The molecule has 0 amide bonds. The molecule has 2 heterocycles. The number of anilines is 1. The van der Waals surface area contributed by atoms with Crippen LogP contribution in [0.15, 0.2) is 6.33 Å². The SMILES string of the molecule is Cc1ncnc(N2CCCC(Br)C2)c1F. The second-order valence-electron chi connectivity index (χ2n) is 3.78. The number of hydrogen-bond acceptors (Lipinski definition) is 3. The van der Waals surface area contributed by atoms with E-state index in [-0.39, 0.29) is 5.82 Å². The standard InChI is InChI=1S/C10H13BrFN3/c1-7-9(12)10(14-6-13-7)15-4-2-3-8(11)5-15/h6,8H,2-5H2,1H3. The first-order chi connectivity index (χ1) is 7.18. The fourth-order valence-electron chi connectivity index (χ4n) is 1.78. The highest BCUT2D eigenvalue weighted by molar-refractivity contribution is 9.09. The Labute approximate surface area is 96.8 Å². The van der Waals surface area contributed by atoms with E-state index in [1.165, 1.54) is 6.33 Å². The van der Waals surface area contributed by atoms with E-state index >= 15 is 0 Å². The van der Waals surface area contributed by atoms with E-state index in [1.54, 1.807) is 6.92 Å². The van der Waals surface area contributed by atoms with E-state index in [9.17, 15) is 4.39 Å². The number of halogens is 2. The van der Waals surface area contributed by atoms with Gasteiger partial charge in [-0.25, -0.2) is 14.4 Å². The lowest BCUT2D eigenvalue weighted by Crippen LogP contribution is -2.37. The third-order valence-corrected chi connectivity index (χ3v) is 3.36. The van der Waals surface area contributed by atoms with Crippen molar-refractivity contribution in [3.8, 4) is 0 Å². The van der Waals surface area contributed by atoms with Crippen molar-refractivity contribution in [2.45, 2.75) is 24.6 Å². The second kappa shape index (κ2) is 4.43. The molecule has 1 atom stereocenters. The van der Waals surface area contributed by atoms with Crippen molar-refractivity contribution >= 4 is 21.7 Å². The van der Waals surface area contributed by atoms with Gasteiger partial charge in [-0.1, -0.05) is 15.9 Å². The normalized spacial score (nSPS) is 21.8. The molecule has 15 heavy (non-hydrogen) atoms. The Balaban J connectivity index is 2.24. The molecule has 1 saturated heterocycles. The summed E-state index contributed by atoms with van der Waals surface area (Å²) in [7, 11) is 0. The minimum atomic E-state index is -0.292. The molecule has 3 nitrogen and oxygen atoms in total. The van der Waals surface area contributed by atoms with E-state index in [2.05, 4.69) is 25.9 Å². The van der Waals surface area contributed by atoms with Crippen molar-refractivity contribution in [2.24, 2.45) is 0 Å². The van der Waals surface area contributed by atoms with Gasteiger partial charge in [0.1, 0.15) is 6.33 Å². The van der Waals surface area contributed by atoms with Crippen molar-refractivity contribution in [2.75, 3.05) is 18.0 Å². The molecule has 1 aromatic heterocycles. The summed E-state index contributed by atoms with van der Waals surface area (Å²) in [5.41, 5.74) is 0.414. The van der Waals surface area contributed by atoms with Crippen LogP contribution in [0.4, 0.5) is 10.2 Å². The van der Waals surface area contributed by atoms with Crippen LogP contribution in [0.25, 0.3) is 0 Å². The summed E-state index contributed by atoms with van der Waals surface area (Å²) in [6, 6.07) is 0. The zero-order valence-electron chi connectivity index (χ0n) is 8.58. The summed E-state index contributed by atoms with van der Waals surface area (Å²) in [6.07, 6.45) is 3.63. The van der Waals surface area contributed by atoms with Crippen molar-refractivity contribution in [1.29, 1.82) is 0 Å². The van der Waals surface area contributed by atoms with E-state index in [4.69, 9.17) is 0 Å². The molecule has 0 radical (unpaired) electrons. The van der Waals surface area contributed by atoms with E-state index in [0.29, 0.717) is 16.3 Å². The quantitative estimate of drug-likeness (QED) is 0.736. The van der Waals surface area contributed by atoms with Gasteiger partial charge in [0.15, 0.2) is 11.6 Å². The van der Waals surface area contributed by atoms with Crippen LogP contribution in [-0.4, -0.2) is 27.9 Å². The maximum atomic E-state index is 13.7. The molecule has 1 aromatic rings. The molecular weight excluding hydrogens is 261 g/mol. The van der Waals surface area contributed by atoms with Gasteiger partial charge in [-0.05, 0) is 19.8 Å². The molecule has 0 N–H and O–H groups in total. The lowest BCUT2D eigenvalue weighted by molar-refractivity contribution is 0.553. The lowest BCUT2D eigenvalue weighted by Gasteiger charge is -2.31. The predicted molar refractivity (Wildman–Crippen MR) is 60.9 cm³/mol. The zero-order chi connectivity index (χ0) is 10.8. The summed E-state index contributed by atoms with van der Waals surface area (Å²) >= 11 is 3.56. The summed E-state index contributed by atoms with van der Waals surface area (Å²) < 4.78 is 13.7. The van der Waals surface area contributed by atoms with Crippen LogP contribution >= 0.6 is 15.9 Å². The van der Waals surface area contributed by atoms with Crippen LogP contribution < -0.4 is 4.90 Å². The number of aromatic nitrogens is 2. The van der Waals surface area contributed by atoms with Crippen LogP contribution in [0.2, 0.25) is 0 Å². The van der Waals surface area contributed by atoms with Gasteiger partial charge >= 0.3 is 0 Å². The van der Waals surface area contributed by atoms with E-state index < -0.39 is 0 Å². The number of hydrogen-bond donors (Lipinski definition) is 0. The fourth-order valence-corrected chi connectivity index (χ4v) is 2.46. The minimum absolute atomic E-state index is 0.292. The minimum Gasteiger partial charge on any atom is -0.353 e. The maximum Gasteiger partial charge on any atom is 0.186 e. The Morgan fingerprint density at radius 1 is 1.53 bits per heavy atom. The molecule has 2 rings (SSSR count). The fraction of sp³-hybridized carbons (Fsp3) is 0.600. The van der Waals surface area contributed by atoms with Crippen LogP contribution in [0.5, 0.6) is 0 Å². The largest absolute Gasteiger partial charge is 0.353 e. The summed E-state index contributed by atoms with van der Waals surface area (Å²) in [6.45, 7) is 3.35. The second-order valence-corrected chi connectivity index (χ2v) is 5.08. The Morgan fingerprint density at radius 2 is 2.33 bits per heavy atom. The Hall–Kier alpha value is -0.710. The van der Waals surface area contributed by atoms with Gasteiger partial charge in [0.25, 0.3) is 0 Å². The first-order valence-corrected chi connectivity index (χ1v) is 5.96. The van der Waals surface area contributed by atoms with Crippen molar-refractivity contribution in [1.82, 2.24) is 9.97 Å². The predicted octanol–water partition coefficient (Wildman–Crippen LogP) is 2.29. The highest BCUT2D eigenvalue weighted by atomic mass is 79.9. The lowest BCUT2D eigenvalue weighted by atomic mass is 10.1. The van der Waals surface area contributed by atoms with Gasteiger partial charge in [-0.15, -0.1) is 0 Å². The van der Waals surface area contributed by atoms with Crippen LogP contribution in [0.3, 0.4) is 0 Å². The highest BCUT2D eigenvalue weighted by Crippen LogP contribution is 2.24. The third-order valence-electron chi connectivity index (χ3n) is 2.61. The molecule has 1 unspecified atom stereocenters. The first kappa shape index (κ1) is 10.8. The molecule has 0 saturated carbocycles. The van der Waals surface area contributed by atoms with Crippen molar-refractivity contribution in [3.05, 3.63) is 17.8 Å². The van der Waals surface area contributed by atoms with E-state index in [0.717, 1.165) is 25.9 Å². The number of nitrogens with zero attached hydrogens (tertiary/aromatic N) is 3. The van der Waals surface area contributed by atoms with Gasteiger partial charge in [0.2, 0.25) is 0 Å². The average molecular weight is 274 g/mol. The molecule has 0 spiro atoms. The van der Waals surface area contributed by atoms with Crippen molar-refractivity contribution in [3.63, 3.8) is 0 Å². The van der Waals surface area contributed by atoms with E-state index in [1.807, 2.05) is 4.90 Å².